The normalized spacial score (nSPS) is 11.1. The lowest BCUT2D eigenvalue weighted by Gasteiger charge is -2.27. The fraction of sp³-hybridized carbons (Fsp3) is 0.857. The van der Waals surface area contributed by atoms with Gasteiger partial charge >= 0.3 is 12.1 Å². The highest BCUT2D eigenvalue weighted by atomic mass is 16.6. The summed E-state index contributed by atoms with van der Waals surface area (Å²) in [5.74, 6) is -0.331. The monoisotopic (exact) mass is 304 g/mol. The van der Waals surface area contributed by atoms with Gasteiger partial charge in [-0.1, -0.05) is 0 Å². The maximum absolute atomic E-state index is 12.0. The Morgan fingerprint density at radius 3 is 2.29 bits per heavy atom. The summed E-state index contributed by atoms with van der Waals surface area (Å²) >= 11 is 0. The number of hydrogen-bond donors (Lipinski definition) is 1. The summed E-state index contributed by atoms with van der Waals surface area (Å²) in [6.07, 6.45) is -0.360. The van der Waals surface area contributed by atoms with Crippen molar-refractivity contribution < 1.29 is 23.8 Å². The van der Waals surface area contributed by atoms with E-state index in [1.807, 2.05) is 27.8 Å². The number of hydrogen-bond acceptors (Lipinski definition) is 6. The highest BCUT2D eigenvalue weighted by Gasteiger charge is 2.21. The minimum Gasteiger partial charge on any atom is -0.463 e. The first-order chi connectivity index (χ1) is 9.76. The SMILES string of the molecule is CNCCN(CCOCCOC(C)=O)C(=O)OC(C)(C)C. The first-order valence-corrected chi connectivity index (χ1v) is 7.10. The van der Waals surface area contributed by atoms with Crippen molar-refractivity contribution in [1.82, 2.24) is 10.2 Å². The molecule has 0 aromatic carbocycles. The van der Waals surface area contributed by atoms with E-state index in [-0.39, 0.29) is 18.7 Å². The van der Waals surface area contributed by atoms with Gasteiger partial charge in [0.25, 0.3) is 0 Å². The van der Waals surface area contributed by atoms with Crippen molar-refractivity contribution >= 4 is 12.1 Å². The number of amides is 1. The predicted octanol–water partition coefficient (Wildman–Crippen LogP) is 1.02. The molecule has 0 atom stereocenters. The molecule has 0 unspecified atom stereocenters. The zero-order valence-corrected chi connectivity index (χ0v) is 13.7. The smallest absolute Gasteiger partial charge is 0.410 e. The van der Waals surface area contributed by atoms with Gasteiger partial charge < -0.3 is 24.4 Å². The lowest BCUT2D eigenvalue weighted by molar-refractivity contribution is -0.142. The molecule has 0 rings (SSSR count). The molecule has 0 aliphatic carbocycles. The standard InChI is InChI=1S/C14H28N2O5/c1-12(17)20-11-10-19-9-8-16(7-6-15-5)13(18)21-14(2,3)4/h15H,6-11H2,1-5H3. The molecule has 0 aromatic rings. The zero-order valence-electron chi connectivity index (χ0n) is 13.7. The van der Waals surface area contributed by atoms with Crippen LogP contribution in [0, 0.1) is 0 Å². The molecule has 1 N–H and O–H groups in total. The molecule has 21 heavy (non-hydrogen) atoms. The maximum atomic E-state index is 12.0. The molecule has 0 radical (unpaired) electrons. The van der Waals surface area contributed by atoms with E-state index >= 15 is 0 Å². The van der Waals surface area contributed by atoms with Crippen LogP contribution in [0.2, 0.25) is 0 Å². The molecule has 0 saturated heterocycles. The summed E-state index contributed by atoms with van der Waals surface area (Å²) in [5.41, 5.74) is -0.523. The number of nitrogens with one attached hydrogen (secondary N) is 1. The molecule has 0 bridgehead atoms. The van der Waals surface area contributed by atoms with Gasteiger partial charge in [0.2, 0.25) is 0 Å². The summed E-state index contributed by atoms with van der Waals surface area (Å²) in [5, 5.41) is 2.99. The lowest BCUT2D eigenvalue weighted by atomic mass is 10.2. The molecule has 124 valence electrons. The Bertz CT molecular complexity index is 315. The van der Waals surface area contributed by atoms with Crippen molar-refractivity contribution in [2.75, 3.05) is 46.5 Å². The van der Waals surface area contributed by atoms with E-state index < -0.39 is 5.60 Å². The van der Waals surface area contributed by atoms with E-state index in [0.29, 0.717) is 32.8 Å². The van der Waals surface area contributed by atoms with Crippen LogP contribution in [0.5, 0.6) is 0 Å². The third-order valence-electron chi connectivity index (χ3n) is 2.32. The van der Waals surface area contributed by atoms with E-state index in [4.69, 9.17) is 14.2 Å². The number of nitrogens with zero attached hydrogens (tertiary/aromatic N) is 1. The highest BCUT2D eigenvalue weighted by molar-refractivity contribution is 5.68. The number of likely N-dealkylation sites (N-methyl/N-ethyl adjacent to an activating group) is 1. The van der Waals surface area contributed by atoms with Crippen molar-refractivity contribution in [2.24, 2.45) is 0 Å². The Morgan fingerprint density at radius 1 is 1.10 bits per heavy atom. The zero-order chi connectivity index (χ0) is 16.3. The average Bonchev–Trinajstić information content (AvgIpc) is 2.34. The Morgan fingerprint density at radius 2 is 1.76 bits per heavy atom. The van der Waals surface area contributed by atoms with E-state index in [0.717, 1.165) is 0 Å². The number of rotatable bonds is 9. The van der Waals surface area contributed by atoms with Gasteiger partial charge in [-0.25, -0.2) is 4.79 Å². The van der Waals surface area contributed by atoms with Gasteiger partial charge in [-0.2, -0.15) is 0 Å². The number of ether oxygens (including phenoxy) is 3. The van der Waals surface area contributed by atoms with Crippen LogP contribution >= 0.6 is 0 Å². The molecule has 0 fully saturated rings. The molecule has 7 heteroatoms. The third-order valence-corrected chi connectivity index (χ3v) is 2.32. The molecular weight excluding hydrogens is 276 g/mol. The van der Waals surface area contributed by atoms with Crippen LogP contribution < -0.4 is 5.32 Å². The van der Waals surface area contributed by atoms with E-state index in [2.05, 4.69) is 5.32 Å². The molecule has 1 amide bonds. The van der Waals surface area contributed by atoms with Gasteiger partial charge in [-0.3, -0.25) is 4.79 Å². The van der Waals surface area contributed by atoms with Gasteiger partial charge in [0.1, 0.15) is 12.2 Å². The quantitative estimate of drug-likeness (QED) is 0.506. The molecule has 7 nitrogen and oxygen atoms in total. The van der Waals surface area contributed by atoms with Gasteiger partial charge in [0.15, 0.2) is 0 Å². The van der Waals surface area contributed by atoms with E-state index in [1.165, 1.54) is 6.92 Å². The highest BCUT2D eigenvalue weighted by Crippen LogP contribution is 2.09. The van der Waals surface area contributed by atoms with Crippen LogP contribution in [-0.2, 0) is 19.0 Å². The van der Waals surface area contributed by atoms with Crippen molar-refractivity contribution in [1.29, 1.82) is 0 Å². The minimum absolute atomic E-state index is 0.221. The van der Waals surface area contributed by atoms with Gasteiger partial charge in [0, 0.05) is 26.6 Å². The summed E-state index contributed by atoms with van der Waals surface area (Å²) in [6.45, 7) is 9.38. The summed E-state index contributed by atoms with van der Waals surface area (Å²) < 4.78 is 15.4. The molecule has 0 heterocycles. The number of carbonyl (C=O) groups excluding carboxylic acids is 2. The minimum atomic E-state index is -0.523. The van der Waals surface area contributed by atoms with Crippen LogP contribution in [0.15, 0.2) is 0 Å². The van der Waals surface area contributed by atoms with Gasteiger partial charge in [-0.15, -0.1) is 0 Å². The topological polar surface area (TPSA) is 77.1 Å². The van der Waals surface area contributed by atoms with E-state index in [1.54, 1.807) is 4.90 Å². The van der Waals surface area contributed by atoms with Crippen molar-refractivity contribution in [3.63, 3.8) is 0 Å². The van der Waals surface area contributed by atoms with Crippen molar-refractivity contribution in [2.45, 2.75) is 33.3 Å². The Labute approximate surface area is 126 Å². The maximum Gasteiger partial charge on any atom is 0.410 e. The largest absolute Gasteiger partial charge is 0.463 e. The second-order valence-corrected chi connectivity index (χ2v) is 5.52. The number of esters is 1. The van der Waals surface area contributed by atoms with Crippen LogP contribution in [0.25, 0.3) is 0 Å². The summed E-state index contributed by atoms with van der Waals surface area (Å²) in [7, 11) is 1.82. The summed E-state index contributed by atoms with van der Waals surface area (Å²) in [4.78, 5) is 24.2. The van der Waals surface area contributed by atoms with Crippen molar-refractivity contribution in [3.8, 4) is 0 Å². The molecule has 0 saturated carbocycles. The molecule has 0 aliphatic rings. The van der Waals surface area contributed by atoms with Crippen LogP contribution in [0.3, 0.4) is 0 Å². The van der Waals surface area contributed by atoms with Gasteiger partial charge in [0.05, 0.1) is 13.2 Å². The Balaban J connectivity index is 4.06. The predicted molar refractivity (Wildman–Crippen MR) is 79.2 cm³/mol. The van der Waals surface area contributed by atoms with Crippen LogP contribution in [-0.4, -0.2) is 69.1 Å². The molecule has 0 spiro atoms. The van der Waals surface area contributed by atoms with E-state index in [9.17, 15) is 9.59 Å². The van der Waals surface area contributed by atoms with Crippen LogP contribution in [0.4, 0.5) is 4.79 Å². The Hall–Kier alpha value is -1.34. The van der Waals surface area contributed by atoms with Gasteiger partial charge in [-0.05, 0) is 27.8 Å². The second kappa shape index (κ2) is 10.4. The van der Waals surface area contributed by atoms with Crippen LogP contribution in [0.1, 0.15) is 27.7 Å². The Kier molecular flexibility index (Phi) is 9.73. The molecule has 0 aromatic heterocycles. The van der Waals surface area contributed by atoms with Crippen molar-refractivity contribution in [3.05, 3.63) is 0 Å². The molecule has 0 aliphatic heterocycles. The summed E-state index contributed by atoms with van der Waals surface area (Å²) in [6, 6.07) is 0. The third kappa shape index (κ3) is 12.1. The molecular formula is C14H28N2O5. The first kappa shape index (κ1) is 19.7. The number of carbonyl (C=O) groups is 2. The second-order valence-electron chi connectivity index (χ2n) is 5.52. The fourth-order valence-corrected chi connectivity index (χ4v) is 1.39. The fourth-order valence-electron chi connectivity index (χ4n) is 1.39. The average molecular weight is 304 g/mol. The first-order valence-electron chi connectivity index (χ1n) is 7.10. The lowest BCUT2D eigenvalue weighted by Crippen LogP contribution is -2.41.